The van der Waals surface area contributed by atoms with Crippen molar-refractivity contribution in [2.45, 2.75) is 166 Å². The minimum atomic E-state index is 0.0655. The summed E-state index contributed by atoms with van der Waals surface area (Å²) in [5, 5.41) is 5.50. The van der Waals surface area contributed by atoms with Gasteiger partial charge in [0.1, 0.15) is 0 Å². The molecule has 3 heteroatoms. The van der Waals surface area contributed by atoms with E-state index in [9.17, 15) is 0 Å². The van der Waals surface area contributed by atoms with Gasteiger partial charge in [0.25, 0.3) is 0 Å². The summed E-state index contributed by atoms with van der Waals surface area (Å²) < 4.78 is 2.69. The van der Waals surface area contributed by atoms with E-state index in [4.69, 9.17) is 0 Å². The van der Waals surface area contributed by atoms with Crippen molar-refractivity contribution < 1.29 is 0 Å². The first-order valence-electron chi connectivity index (χ1n) is 25.0. The van der Waals surface area contributed by atoms with Crippen molar-refractivity contribution in [1.29, 1.82) is 0 Å². The Kier molecular flexibility index (Phi) is 11.0. The molecule has 0 saturated heterocycles. The Hall–Kier alpha value is -4.63. The zero-order valence-electron chi connectivity index (χ0n) is 42.7. The van der Waals surface area contributed by atoms with E-state index in [2.05, 4.69) is 205 Å². The molecule has 0 radical (unpaired) electrons. The Bertz CT molecular complexity index is 2860. The molecule has 1 N–H and O–H groups in total. The average Bonchev–Trinajstić information content (AvgIpc) is 3.79. The number of allylic oxidation sites excluding steroid dienone is 6. The Morgan fingerprint density at radius 2 is 1.28 bits per heavy atom. The van der Waals surface area contributed by atoms with Gasteiger partial charge in [-0.3, -0.25) is 0 Å². The van der Waals surface area contributed by atoms with Crippen LogP contribution in [-0.4, -0.2) is 11.5 Å². The SMILES string of the molecule is C=CC1=C(CCn2c(/C=C3\C(=C/C)C(C)(C)CCC3(C)C)bc3c(-c4ccc5c(c4Nc4ccc6c(c4)C(C)(C)CCC6(C)C)Cc4ccccc4-5)cc(C)cc32)C(C)(C)CCC1(C)C. The number of aryl methyl sites for hydroxylation is 2. The molecule has 1 fully saturated rings. The molecule has 0 amide bonds. The molecule has 2 nitrogen and oxygen atoms in total. The van der Waals surface area contributed by atoms with Gasteiger partial charge in [0.15, 0.2) is 0 Å². The zero-order chi connectivity index (χ0) is 46.6. The fourth-order valence-corrected chi connectivity index (χ4v) is 12.9. The van der Waals surface area contributed by atoms with Crippen molar-refractivity contribution in [2.75, 3.05) is 5.32 Å². The van der Waals surface area contributed by atoms with Crippen molar-refractivity contribution in [1.82, 2.24) is 4.57 Å². The zero-order valence-corrected chi connectivity index (χ0v) is 42.7. The molecule has 4 aliphatic rings. The summed E-state index contributed by atoms with van der Waals surface area (Å²) in [5.74, 6) is 0. The van der Waals surface area contributed by atoms with Crippen molar-refractivity contribution in [3.63, 3.8) is 0 Å². The second-order valence-corrected chi connectivity index (χ2v) is 24.6. The molecule has 1 heterocycles. The van der Waals surface area contributed by atoms with Crippen LogP contribution in [0.1, 0.15) is 168 Å². The van der Waals surface area contributed by atoms with Crippen LogP contribution in [-0.2, 0) is 23.8 Å². The monoisotopic (exact) mass is 861 g/mol. The standard InChI is InChI=1S/C62H77BN2/c1-16-47-50(60(10,11)29-27-57(47,4)5)26-33-65-53-35-39(3)34-45(55(53)63-54(65)38-52-48(17-2)58(6,7)28-31-62(52,14)15)44-24-23-43-42-21-19-18-20-40(42)36-46(43)56(44)64-41-22-25-49-51(37-41)61(12,13)32-30-59(49,8)9/h16-25,34-35,37-38,64H,1,26-33,36H2,2-15H3/b48-17+,52-38+. The van der Waals surface area contributed by atoms with Gasteiger partial charge >= 0.3 is 396 Å². The van der Waals surface area contributed by atoms with E-state index in [-0.39, 0.29) is 32.5 Å². The quantitative estimate of drug-likeness (QED) is 0.161. The van der Waals surface area contributed by atoms with E-state index in [1.54, 1.807) is 5.57 Å². The van der Waals surface area contributed by atoms with Crippen LogP contribution in [0.5, 0.6) is 0 Å². The number of hydrogen-bond donors (Lipinski definition) is 1. The number of nitrogens with zero attached hydrogens (tertiary/aromatic N) is 1. The second-order valence-electron chi connectivity index (χ2n) is 24.6. The Morgan fingerprint density at radius 3 is 1.98 bits per heavy atom. The van der Waals surface area contributed by atoms with E-state index < -0.39 is 0 Å². The summed E-state index contributed by atoms with van der Waals surface area (Å²) in [5.41, 5.74) is 24.2. The number of benzene rings is 4. The van der Waals surface area contributed by atoms with Gasteiger partial charge in [0, 0.05) is 0 Å². The van der Waals surface area contributed by atoms with Crippen molar-refractivity contribution >= 4 is 35.2 Å². The van der Waals surface area contributed by atoms with Crippen molar-refractivity contribution in [2.24, 2.45) is 21.7 Å². The molecule has 0 bridgehead atoms. The molecule has 0 unspecified atom stereocenters. The van der Waals surface area contributed by atoms with E-state index in [1.165, 1.54) is 133 Å². The summed E-state index contributed by atoms with van der Waals surface area (Å²) in [6.45, 7) is 41.8. The van der Waals surface area contributed by atoms with Gasteiger partial charge < -0.3 is 0 Å². The first-order valence-corrected chi connectivity index (χ1v) is 25.0. The maximum atomic E-state index is 4.41. The molecule has 9 rings (SSSR count). The number of anilines is 2. The van der Waals surface area contributed by atoms with Crippen LogP contribution in [0.25, 0.3) is 39.1 Å². The fraction of sp³-hybridized carbons (Fsp3) is 0.468. The van der Waals surface area contributed by atoms with Crippen LogP contribution in [0.4, 0.5) is 11.4 Å². The average molecular weight is 861 g/mol. The number of nitrogens with one attached hydrogen (secondary N) is 1. The summed E-state index contributed by atoms with van der Waals surface area (Å²) in [7, 11) is 0. The molecule has 65 heavy (non-hydrogen) atoms. The second kappa shape index (κ2) is 15.7. The first kappa shape index (κ1) is 45.5. The van der Waals surface area contributed by atoms with E-state index in [0.29, 0.717) is 0 Å². The summed E-state index contributed by atoms with van der Waals surface area (Å²) in [6, 6.07) is 26.1. The first-order chi connectivity index (χ1) is 30.5. The van der Waals surface area contributed by atoms with Gasteiger partial charge in [-0.1, -0.05) is 0 Å². The molecule has 0 atom stereocenters. The van der Waals surface area contributed by atoms with Gasteiger partial charge in [-0.2, -0.15) is 0 Å². The minimum absolute atomic E-state index is 0.0655. The summed E-state index contributed by atoms with van der Waals surface area (Å²) in [6.07, 6.45) is 16.3. The van der Waals surface area contributed by atoms with E-state index in [0.717, 1.165) is 19.4 Å². The third-order valence-corrected chi connectivity index (χ3v) is 17.3. The molecular formula is C62H77BN2. The van der Waals surface area contributed by atoms with Crippen LogP contribution >= 0.6 is 0 Å². The van der Waals surface area contributed by atoms with Crippen LogP contribution in [0.2, 0.25) is 0 Å². The molecular weight excluding hydrogens is 784 g/mol. The van der Waals surface area contributed by atoms with E-state index in [1.807, 2.05) is 0 Å². The summed E-state index contributed by atoms with van der Waals surface area (Å²) >= 11 is 0. The topological polar surface area (TPSA) is 17.0 Å². The Balaban J connectivity index is 1.27. The van der Waals surface area contributed by atoms with Gasteiger partial charge in [0.05, 0.1) is 0 Å². The molecule has 0 spiro atoms. The molecule has 1 aromatic heterocycles. The maximum absolute atomic E-state index is 4.41. The van der Waals surface area contributed by atoms with Crippen molar-refractivity contribution in [3.05, 3.63) is 141 Å². The third-order valence-electron chi connectivity index (χ3n) is 17.3. The molecule has 338 valence electrons. The predicted octanol–water partition coefficient (Wildman–Crippen LogP) is 17.5. The van der Waals surface area contributed by atoms with Gasteiger partial charge in [-0.05, 0) is 0 Å². The fourth-order valence-electron chi connectivity index (χ4n) is 12.9. The number of fused-ring (bicyclic) bond motifs is 5. The van der Waals surface area contributed by atoms with Crippen LogP contribution in [0.3, 0.4) is 0 Å². The predicted molar refractivity (Wildman–Crippen MR) is 284 cm³/mol. The summed E-state index contributed by atoms with van der Waals surface area (Å²) in [4.78, 5) is 0. The Morgan fingerprint density at radius 1 is 0.646 bits per heavy atom. The van der Waals surface area contributed by atoms with Gasteiger partial charge in [-0.15, -0.1) is 0 Å². The van der Waals surface area contributed by atoms with Crippen LogP contribution in [0.15, 0.2) is 108 Å². The molecule has 0 aliphatic heterocycles. The van der Waals surface area contributed by atoms with E-state index >= 15 is 0 Å². The van der Waals surface area contributed by atoms with Crippen molar-refractivity contribution in [3.8, 4) is 22.3 Å². The molecule has 4 aromatic carbocycles. The normalized spacial score (nSPS) is 22.1. The van der Waals surface area contributed by atoms with Gasteiger partial charge in [0.2, 0.25) is 0 Å². The molecule has 4 aliphatic carbocycles. The van der Waals surface area contributed by atoms with Gasteiger partial charge in [-0.25, -0.2) is 0 Å². The van der Waals surface area contributed by atoms with Crippen LogP contribution < -0.4 is 5.32 Å². The molecule has 5 aromatic rings. The van der Waals surface area contributed by atoms with Crippen LogP contribution in [0, 0.1) is 28.6 Å². The number of hydrogen-bond acceptors (Lipinski definition) is 1. The number of aromatic nitrogens is 1. The molecule has 1 saturated carbocycles. The third kappa shape index (κ3) is 7.79. The number of rotatable bonds is 8. The Labute approximate surface area is 394 Å².